The lowest BCUT2D eigenvalue weighted by Crippen LogP contribution is -2.21. The molecule has 0 N–H and O–H groups in total. The van der Waals surface area contributed by atoms with Gasteiger partial charge in [-0.15, -0.1) is 0 Å². The standard InChI is InChI=1S/C30H52O2/c1-24(2)13-10-16-27(7)19-21-31-30(23-29(9)18-12-15-26(5)6)32-22-20-28(8)17-11-14-25(3)4/h13-15,19-20,29-30H,10-12,16-18,21-23H2,1-9H3/b27-19-,28-20-. The highest BCUT2D eigenvalue weighted by atomic mass is 16.7. The smallest absolute Gasteiger partial charge is 0.158 e. The summed E-state index contributed by atoms with van der Waals surface area (Å²) in [7, 11) is 0. The van der Waals surface area contributed by atoms with E-state index in [0.29, 0.717) is 19.1 Å². The number of hydrogen-bond acceptors (Lipinski definition) is 2. The Morgan fingerprint density at radius 2 is 1.00 bits per heavy atom. The van der Waals surface area contributed by atoms with E-state index in [9.17, 15) is 0 Å². The number of allylic oxidation sites excluding steroid dienone is 8. The molecule has 0 fully saturated rings. The Morgan fingerprint density at radius 1 is 0.594 bits per heavy atom. The highest BCUT2D eigenvalue weighted by Gasteiger charge is 2.13. The Hall–Kier alpha value is -1.38. The van der Waals surface area contributed by atoms with Crippen LogP contribution >= 0.6 is 0 Å². The van der Waals surface area contributed by atoms with Gasteiger partial charge in [0.15, 0.2) is 6.29 Å². The van der Waals surface area contributed by atoms with Crippen molar-refractivity contribution in [3.05, 3.63) is 58.2 Å². The summed E-state index contributed by atoms with van der Waals surface area (Å²) < 4.78 is 12.3. The Kier molecular flexibility index (Phi) is 18.3. The van der Waals surface area contributed by atoms with Crippen LogP contribution < -0.4 is 0 Å². The lowest BCUT2D eigenvalue weighted by molar-refractivity contribution is -0.137. The van der Waals surface area contributed by atoms with Gasteiger partial charge in [-0.3, -0.25) is 0 Å². The largest absolute Gasteiger partial charge is 0.349 e. The highest BCUT2D eigenvalue weighted by Crippen LogP contribution is 2.18. The van der Waals surface area contributed by atoms with Gasteiger partial charge in [0.25, 0.3) is 0 Å². The molecular weight excluding hydrogens is 392 g/mol. The van der Waals surface area contributed by atoms with Crippen LogP contribution in [0.5, 0.6) is 0 Å². The molecule has 0 aliphatic heterocycles. The van der Waals surface area contributed by atoms with E-state index >= 15 is 0 Å². The maximum Gasteiger partial charge on any atom is 0.158 e. The summed E-state index contributed by atoms with van der Waals surface area (Å²) in [5, 5.41) is 0. The molecule has 2 heteroatoms. The zero-order valence-corrected chi connectivity index (χ0v) is 22.7. The summed E-state index contributed by atoms with van der Waals surface area (Å²) in [4.78, 5) is 0. The molecule has 0 aromatic rings. The fourth-order valence-corrected chi connectivity index (χ4v) is 3.26. The van der Waals surface area contributed by atoms with Gasteiger partial charge in [0.1, 0.15) is 0 Å². The Morgan fingerprint density at radius 3 is 1.41 bits per heavy atom. The normalized spacial score (nSPS) is 14.0. The van der Waals surface area contributed by atoms with Crippen molar-refractivity contribution in [1.82, 2.24) is 0 Å². The van der Waals surface area contributed by atoms with Gasteiger partial charge in [0.2, 0.25) is 0 Å². The number of ether oxygens (including phenoxy) is 2. The molecule has 32 heavy (non-hydrogen) atoms. The van der Waals surface area contributed by atoms with Gasteiger partial charge in [0.05, 0.1) is 13.2 Å². The third-order valence-electron chi connectivity index (χ3n) is 5.42. The molecule has 0 saturated heterocycles. The topological polar surface area (TPSA) is 18.5 Å². The number of hydrogen-bond donors (Lipinski definition) is 0. The van der Waals surface area contributed by atoms with Gasteiger partial charge in [-0.2, -0.15) is 0 Å². The van der Waals surface area contributed by atoms with Crippen molar-refractivity contribution >= 4 is 0 Å². The van der Waals surface area contributed by atoms with E-state index in [4.69, 9.17) is 9.47 Å². The first-order chi connectivity index (χ1) is 15.1. The molecule has 0 amide bonds. The molecule has 0 spiro atoms. The second-order valence-electron chi connectivity index (χ2n) is 10.0. The fraction of sp³-hybridized carbons (Fsp3) is 0.667. The summed E-state index contributed by atoms with van der Waals surface area (Å²) in [5.41, 5.74) is 6.92. The molecule has 0 aromatic carbocycles. The first-order valence-corrected chi connectivity index (χ1v) is 12.5. The first kappa shape index (κ1) is 30.6. The third-order valence-corrected chi connectivity index (χ3v) is 5.42. The van der Waals surface area contributed by atoms with E-state index < -0.39 is 0 Å². The van der Waals surface area contributed by atoms with E-state index in [1.54, 1.807) is 0 Å². The van der Waals surface area contributed by atoms with Gasteiger partial charge in [-0.05, 0) is 99.8 Å². The van der Waals surface area contributed by atoms with E-state index in [1.807, 2.05) is 0 Å². The van der Waals surface area contributed by atoms with Crippen molar-refractivity contribution in [1.29, 1.82) is 0 Å². The second kappa shape index (κ2) is 19.1. The summed E-state index contributed by atoms with van der Waals surface area (Å²) >= 11 is 0. The molecule has 1 unspecified atom stereocenters. The van der Waals surface area contributed by atoms with E-state index in [-0.39, 0.29) is 6.29 Å². The van der Waals surface area contributed by atoms with Gasteiger partial charge in [0, 0.05) is 6.42 Å². The lowest BCUT2D eigenvalue weighted by atomic mass is 10.0. The monoisotopic (exact) mass is 444 g/mol. The zero-order valence-electron chi connectivity index (χ0n) is 22.7. The molecule has 0 aliphatic rings. The van der Waals surface area contributed by atoms with E-state index in [1.165, 1.54) is 34.3 Å². The average Bonchev–Trinajstić information content (AvgIpc) is 2.66. The van der Waals surface area contributed by atoms with Gasteiger partial charge in [-0.25, -0.2) is 0 Å². The van der Waals surface area contributed by atoms with Crippen LogP contribution in [0.4, 0.5) is 0 Å². The molecule has 0 bridgehead atoms. The number of rotatable bonds is 17. The minimum absolute atomic E-state index is 0.152. The molecular formula is C30H52O2. The minimum atomic E-state index is -0.152. The van der Waals surface area contributed by atoms with Crippen molar-refractivity contribution in [2.24, 2.45) is 5.92 Å². The Labute approximate surface area is 200 Å². The molecule has 0 aromatic heterocycles. The maximum absolute atomic E-state index is 6.16. The maximum atomic E-state index is 6.16. The summed E-state index contributed by atoms with van der Waals surface area (Å²) in [5.74, 6) is 0.570. The van der Waals surface area contributed by atoms with Gasteiger partial charge in [-0.1, -0.05) is 65.2 Å². The average molecular weight is 445 g/mol. The Bertz CT molecular complexity index is 592. The molecule has 2 nitrogen and oxygen atoms in total. The molecule has 0 heterocycles. The lowest BCUT2D eigenvalue weighted by Gasteiger charge is -2.21. The van der Waals surface area contributed by atoms with Crippen LogP contribution in [-0.2, 0) is 9.47 Å². The van der Waals surface area contributed by atoms with E-state index in [0.717, 1.165) is 38.5 Å². The van der Waals surface area contributed by atoms with Crippen LogP contribution in [0.1, 0.15) is 107 Å². The van der Waals surface area contributed by atoms with Crippen molar-refractivity contribution in [3.8, 4) is 0 Å². The van der Waals surface area contributed by atoms with Crippen LogP contribution in [0.15, 0.2) is 58.2 Å². The van der Waals surface area contributed by atoms with Crippen molar-refractivity contribution in [2.45, 2.75) is 114 Å². The predicted molar refractivity (Wildman–Crippen MR) is 143 cm³/mol. The SMILES string of the molecule is CC(C)=CCC/C(C)=C\COC(CC(C)CCC=C(C)C)OC/C=C(/C)CCC=C(C)C. The first-order valence-electron chi connectivity index (χ1n) is 12.5. The summed E-state index contributed by atoms with van der Waals surface area (Å²) in [6.45, 7) is 20.9. The highest BCUT2D eigenvalue weighted by molar-refractivity contribution is 5.03. The molecule has 0 radical (unpaired) electrons. The second-order valence-corrected chi connectivity index (χ2v) is 10.0. The molecule has 184 valence electrons. The predicted octanol–water partition coefficient (Wildman–Crippen LogP) is 9.50. The van der Waals surface area contributed by atoms with Crippen LogP contribution in [0.2, 0.25) is 0 Å². The van der Waals surface area contributed by atoms with Crippen LogP contribution in [0.3, 0.4) is 0 Å². The zero-order chi connectivity index (χ0) is 24.4. The Balaban J connectivity index is 4.72. The third kappa shape index (κ3) is 20.5. The van der Waals surface area contributed by atoms with Crippen LogP contribution in [0.25, 0.3) is 0 Å². The van der Waals surface area contributed by atoms with Gasteiger partial charge >= 0.3 is 0 Å². The van der Waals surface area contributed by atoms with Crippen molar-refractivity contribution in [2.75, 3.05) is 13.2 Å². The summed E-state index contributed by atoms with van der Waals surface area (Å²) in [6.07, 6.45) is 18.8. The summed E-state index contributed by atoms with van der Waals surface area (Å²) in [6, 6.07) is 0. The minimum Gasteiger partial charge on any atom is -0.349 e. The molecule has 0 rings (SSSR count). The van der Waals surface area contributed by atoms with Gasteiger partial charge < -0.3 is 9.47 Å². The van der Waals surface area contributed by atoms with Crippen LogP contribution in [0, 0.1) is 5.92 Å². The van der Waals surface area contributed by atoms with Crippen LogP contribution in [-0.4, -0.2) is 19.5 Å². The molecule has 0 saturated carbocycles. The van der Waals surface area contributed by atoms with E-state index in [2.05, 4.69) is 92.7 Å². The van der Waals surface area contributed by atoms with Crippen molar-refractivity contribution < 1.29 is 9.47 Å². The quantitative estimate of drug-likeness (QED) is 0.164. The molecule has 0 aliphatic carbocycles. The van der Waals surface area contributed by atoms with Crippen molar-refractivity contribution in [3.63, 3.8) is 0 Å². The fourth-order valence-electron chi connectivity index (χ4n) is 3.26. The molecule has 1 atom stereocenters.